The van der Waals surface area contributed by atoms with Crippen molar-refractivity contribution in [1.82, 2.24) is 0 Å². The Labute approximate surface area is 488 Å². The summed E-state index contributed by atoms with van der Waals surface area (Å²) in [5.74, 6) is -0.842. The molecule has 9 rings (SSSR count). The number of Topliss-reactive ketones (excluding diaryl/α,β-unsaturated/α-hetero) is 1. The third-order valence-electron chi connectivity index (χ3n) is 21.0. The highest BCUT2D eigenvalue weighted by Crippen LogP contribution is 2.69. The number of aliphatic hydroxyl groups excluding tert-OH is 5. The highest BCUT2D eigenvalue weighted by molar-refractivity contribution is 5.88. The van der Waals surface area contributed by atoms with E-state index < -0.39 is 171 Å². The van der Waals surface area contributed by atoms with E-state index in [0.717, 1.165) is 12.8 Å². The minimum Gasteiger partial charge on any atom is -0.458 e. The molecule has 5 saturated heterocycles. The summed E-state index contributed by atoms with van der Waals surface area (Å²) in [7, 11) is 6.16. The second-order valence-corrected chi connectivity index (χ2v) is 25.4. The molecule has 0 amide bonds. The molecule has 0 radical (unpaired) electrons. The van der Waals surface area contributed by atoms with Gasteiger partial charge in [-0.25, -0.2) is 4.79 Å². The van der Waals surface area contributed by atoms with Gasteiger partial charge in [-0.05, 0) is 111 Å². The summed E-state index contributed by atoms with van der Waals surface area (Å²) in [5, 5.41) is 65.6. The molecule has 474 valence electrons. The fourth-order valence-electron chi connectivity index (χ4n) is 16.0. The fraction of sp³-hybridized carbons (Fsp3) is 0.900. The Bertz CT molecular complexity index is 2270. The average molecular weight is 1190 g/mol. The highest BCUT2D eigenvalue weighted by Gasteiger charge is 2.72. The Kier molecular flexibility index (Phi) is 20.8. The van der Waals surface area contributed by atoms with Crippen molar-refractivity contribution < 1.29 is 111 Å². The van der Waals surface area contributed by atoms with Crippen molar-refractivity contribution in [3.63, 3.8) is 0 Å². The fourth-order valence-corrected chi connectivity index (χ4v) is 16.0. The summed E-state index contributed by atoms with van der Waals surface area (Å²) in [5.41, 5.74) is -0.571. The number of allylic oxidation sites excluding steroid dienone is 2. The second-order valence-electron chi connectivity index (χ2n) is 25.4. The molecule has 4 aliphatic carbocycles. The number of methoxy groups -OCH3 is 4. The molecule has 6 N–H and O–H groups in total. The lowest BCUT2D eigenvalue weighted by molar-refractivity contribution is -0.371. The first kappa shape index (κ1) is 65.3. The van der Waals surface area contributed by atoms with Crippen LogP contribution >= 0.6 is 0 Å². The zero-order chi connectivity index (χ0) is 60.2. The predicted octanol–water partition coefficient (Wildman–Crippen LogP) is 3.05. The normalized spacial score (nSPS) is 50.4. The van der Waals surface area contributed by atoms with Crippen LogP contribution in [0.2, 0.25) is 0 Å². The molecule has 5 aliphatic heterocycles. The van der Waals surface area contributed by atoms with Gasteiger partial charge < -0.3 is 102 Å². The number of rotatable bonds is 18. The van der Waals surface area contributed by atoms with E-state index in [0.29, 0.717) is 44.1 Å². The van der Waals surface area contributed by atoms with Crippen molar-refractivity contribution in [3.05, 3.63) is 23.3 Å². The molecule has 83 heavy (non-hydrogen) atoms. The van der Waals surface area contributed by atoms with Gasteiger partial charge in [0, 0.05) is 64.6 Å². The summed E-state index contributed by atoms with van der Waals surface area (Å²) in [4.78, 5) is 26.6. The van der Waals surface area contributed by atoms with Crippen LogP contribution in [-0.2, 0) is 80.6 Å². The number of carbonyl (C=O) groups is 2. The molecule has 23 nitrogen and oxygen atoms in total. The molecular formula is C60H96O23. The predicted molar refractivity (Wildman–Crippen MR) is 291 cm³/mol. The van der Waals surface area contributed by atoms with Crippen molar-refractivity contribution in [1.29, 1.82) is 0 Å². The van der Waals surface area contributed by atoms with Gasteiger partial charge in [-0.15, -0.1) is 0 Å². The van der Waals surface area contributed by atoms with Crippen LogP contribution in [0.3, 0.4) is 0 Å². The number of aliphatic hydroxyl groups is 6. The molecule has 0 aromatic carbocycles. The van der Waals surface area contributed by atoms with Crippen LogP contribution in [0.4, 0.5) is 0 Å². The lowest BCUT2D eigenvalue weighted by Crippen LogP contribution is -2.66. The molecule has 1 unspecified atom stereocenters. The van der Waals surface area contributed by atoms with Crippen LogP contribution in [0.25, 0.3) is 0 Å². The van der Waals surface area contributed by atoms with Crippen LogP contribution in [0.5, 0.6) is 0 Å². The lowest BCUT2D eigenvalue weighted by atomic mass is 9.45. The van der Waals surface area contributed by atoms with Crippen LogP contribution in [0.15, 0.2) is 23.3 Å². The van der Waals surface area contributed by atoms with Gasteiger partial charge >= 0.3 is 5.97 Å². The lowest BCUT2D eigenvalue weighted by Gasteiger charge is -2.63. The number of fused-ring (bicyclic) bond motifs is 5. The van der Waals surface area contributed by atoms with Crippen molar-refractivity contribution in [2.75, 3.05) is 35.0 Å². The van der Waals surface area contributed by atoms with Crippen molar-refractivity contribution in [2.45, 2.75) is 280 Å². The zero-order valence-corrected chi connectivity index (χ0v) is 50.6. The van der Waals surface area contributed by atoms with Crippen LogP contribution < -0.4 is 0 Å². The maximum Gasteiger partial charge on any atom is 0.333 e. The van der Waals surface area contributed by atoms with Gasteiger partial charge in [-0.3, -0.25) is 4.79 Å². The van der Waals surface area contributed by atoms with Crippen molar-refractivity contribution in [3.8, 4) is 0 Å². The molecule has 0 bridgehead atoms. The topological polar surface area (TPSA) is 294 Å². The minimum absolute atomic E-state index is 0.0236. The maximum atomic E-state index is 13.4. The van der Waals surface area contributed by atoms with Crippen molar-refractivity contribution >= 4 is 11.8 Å². The smallest absolute Gasteiger partial charge is 0.333 e. The van der Waals surface area contributed by atoms with Crippen LogP contribution in [0, 0.1) is 28.6 Å². The first-order valence-corrected chi connectivity index (χ1v) is 30.1. The van der Waals surface area contributed by atoms with Gasteiger partial charge in [0.05, 0.1) is 61.0 Å². The van der Waals surface area contributed by atoms with E-state index in [1.54, 1.807) is 54.9 Å². The van der Waals surface area contributed by atoms with Gasteiger partial charge in [0.2, 0.25) is 0 Å². The quantitative estimate of drug-likeness (QED) is 0.0653. The molecule has 8 fully saturated rings. The molecule has 30 atom stereocenters. The van der Waals surface area contributed by atoms with Crippen molar-refractivity contribution in [2.24, 2.45) is 28.6 Å². The summed E-state index contributed by atoms with van der Waals surface area (Å²) < 4.78 is 93.8. The average Bonchev–Trinajstić information content (AvgIpc) is 1.75. The molecule has 0 aromatic heterocycles. The minimum atomic E-state index is -1.62. The van der Waals surface area contributed by atoms with Gasteiger partial charge in [-0.2, -0.15) is 0 Å². The summed E-state index contributed by atoms with van der Waals surface area (Å²) >= 11 is 0. The van der Waals surface area contributed by atoms with Gasteiger partial charge in [0.1, 0.15) is 72.9 Å². The van der Waals surface area contributed by atoms with E-state index in [9.17, 15) is 40.2 Å². The largest absolute Gasteiger partial charge is 0.458 e. The number of esters is 1. The summed E-state index contributed by atoms with van der Waals surface area (Å²) in [6.07, 6.45) is -11.3. The zero-order valence-electron chi connectivity index (χ0n) is 50.6. The molecule has 23 heteroatoms. The first-order valence-electron chi connectivity index (χ1n) is 30.1. The Hall–Kier alpha value is -2.18. The van der Waals surface area contributed by atoms with Gasteiger partial charge in [0.25, 0.3) is 0 Å². The number of hydrogen-bond donors (Lipinski definition) is 6. The SMILES string of the molecule is CC=C(C)C(=O)O[C@@H]1CC2[C@@H](CC=C3C[C@@H](O[C@H]4C[C@H](OC)[C@H](O[C@H]5C[C@H](OC)[C@H](O[C@@H]6O[C@H](C)[C@@H](O[C@H]7C[C@H](OC)[C@H](O[C@@H]8O[C@H](CO)[C@@H](O)[C@H](O)[C@H]8O)[C@@H](C)O7)[C@H](OC)[C@H]6O)[C@@H](C)O5)[C@@H](C)O4)CC[C@@]32C)[C@@]2(O)CC[C@H](C(C)=O)[C@@]12C. The molecule has 3 saturated carbocycles. The monoisotopic (exact) mass is 1180 g/mol. The van der Waals surface area contributed by atoms with E-state index >= 15 is 0 Å². The number of carbonyl (C=O) groups excluding carboxylic acids is 2. The molecule has 9 aliphatic rings. The molecule has 0 aromatic rings. The molecule has 5 heterocycles. The molecular weight excluding hydrogens is 1090 g/mol. The first-order chi connectivity index (χ1) is 39.4. The van der Waals surface area contributed by atoms with Gasteiger partial charge in [-0.1, -0.05) is 31.6 Å². The summed E-state index contributed by atoms with van der Waals surface area (Å²) in [6.45, 7) is 16.1. The van der Waals surface area contributed by atoms with E-state index in [-0.39, 0.29) is 42.0 Å². The third-order valence-corrected chi connectivity index (χ3v) is 21.0. The van der Waals surface area contributed by atoms with E-state index in [4.69, 9.17) is 71.1 Å². The molecule has 0 spiro atoms. The highest BCUT2D eigenvalue weighted by atomic mass is 16.8. The Balaban J connectivity index is 0.773. The van der Waals surface area contributed by atoms with Gasteiger partial charge in [0.15, 0.2) is 31.5 Å². The Morgan fingerprint density at radius 2 is 1.16 bits per heavy atom. The second kappa shape index (κ2) is 26.5. The van der Waals surface area contributed by atoms with E-state index in [2.05, 4.69) is 13.0 Å². The number of hydrogen-bond acceptors (Lipinski definition) is 23. The number of ether oxygens (including phenoxy) is 15. The standard InChI is InChI=1S/C60H96O23/c1-14-27(2)55(67)79-42-22-37-36(60(68)20-18-35(28(3)62)59(42,60)9)16-15-33-21-34(17-19-58(33,37)8)77-43-23-38(69-10)50(29(4)73-43)80-44-24-39(70-11)52(31(6)74-44)83-57-49(66)54(72-13)53(32(7)76-57)81-45-25-40(71-12)51(30(5)75-45)82-56-48(65)47(64)46(63)41(26-61)78-56/h14-15,29-32,34-54,56-57,61,63-66,68H,16-26H2,1-13H3/t29-,30-,31-,32-,34+,35-,36-,37?,38+,39+,40+,41-,42-,43+,44+,45+,46-,47+,48-,49-,50-,51-,52-,53-,54-,56+,57+,58+,59+,60+/m1/s1. The Morgan fingerprint density at radius 1 is 0.627 bits per heavy atom. The van der Waals surface area contributed by atoms with Crippen LogP contribution in [0.1, 0.15) is 127 Å². The van der Waals surface area contributed by atoms with E-state index in [1.807, 2.05) is 20.8 Å². The maximum absolute atomic E-state index is 13.4. The van der Waals surface area contributed by atoms with E-state index in [1.165, 1.54) is 19.8 Å². The Morgan fingerprint density at radius 3 is 1.69 bits per heavy atom. The number of ketones is 1. The van der Waals surface area contributed by atoms with Crippen LogP contribution in [-0.4, -0.2) is 230 Å². The summed E-state index contributed by atoms with van der Waals surface area (Å²) in [6, 6.07) is 0. The third kappa shape index (κ3) is 12.4.